The molecule has 6 aromatic heterocycles. The molecule has 0 atom stereocenters. The van der Waals surface area contributed by atoms with Crippen LogP contribution in [0.1, 0.15) is 101 Å². The number of benzene rings is 1. The van der Waals surface area contributed by atoms with Gasteiger partial charge in [0.25, 0.3) is 0 Å². The normalized spacial score (nSPS) is 12.9. The van der Waals surface area contributed by atoms with Crippen molar-refractivity contribution in [3.63, 3.8) is 0 Å². The van der Waals surface area contributed by atoms with Gasteiger partial charge in [-0.05, 0) is 0 Å². The zero-order valence-electron chi connectivity index (χ0n) is 32.8. The van der Waals surface area contributed by atoms with E-state index in [1.165, 1.54) is 109 Å². The summed E-state index contributed by atoms with van der Waals surface area (Å²) < 4.78 is 12.7. The number of hydrogen-bond donors (Lipinski definition) is 0. The zero-order chi connectivity index (χ0) is 36.6. The quantitative estimate of drug-likeness (QED) is 0.0594. The Morgan fingerprint density at radius 1 is 0.423 bits per heavy atom. The molecule has 0 unspecified atom stereocenters. The number of fused-ring (bicyclic) bond motifs is 6. The van der Waals surface area contributed by atoms with Gasteiger partial charge >= 0.3 is 298 Å². The molecule has 0 radical (unpaired) electrons. The number of unbranched alkanes of at least 4 members (excludes halogenated alkanes) is 10. The van der Waals surface area contributed by atoms with E-state index in [0.717, 1.165) is 0 Å². The van der Waals surface area contributed by atoms with E-state index < -0.39 is 36.8 Å². The second-order valence-corrected chi connectivity index (χ2v) is 54.4. The van der Waals surface area contributed by atoms with Crippen LogP contribution in [0.25, 0.3) is 59.9 Å². The third-order valence-corrected chi connectivity index (χ3v) is 36.6. The molecule has 0 amide bonds. The van der Waals surface area contributed by atoms with Gasteiger partial charge in [0.05, 0.1) is 0 Å². The Morgan fingerprint density at radius 3 is 1.19 bits per heavy atom. The molecule has 0 bridgehead atoms. The van der Waals surface area contributed by atoms with Gasteiger partial charge in [0.15, 0.2) is 0 Å². The maximum atomic E-state index is 2.63. The molecule has 0 spiro atoms. The van der Waals surface area contributed by atoms with Gasteiger partial charge in [0.1, 0.15) is 0 Å². The average molecular weight is 1020 g/mol. The molecular weight excluding hydrogens is 958 g/mol. The van der Waals surface area contributed by atoms with Crippen molar-refractivity contribution in [1.29, 1.82) is 0 Å². The van der Waals surface area contributed by atoms with Gasteiger partial charge in [-0.15, -0.1) is 0 Å². The molecule has 0 fully saturated rings. The van der Waals surface area contributed by atoms with E-state index in [4.69, 9.17) is 0 Å². The van der Waals surface area contributed by atoms with Gasteiger partial charge < -0.3 is 0 Å². The third kappa shape index (κ3) is 8.64. The minimum atomic E-state index is -2.25. The number of aryl methyl sites for hydroxylation is 2. The predicted molar refractivity (Wildman–Crippen MR) is 255 cm³/mol. The summed E-state index contributed by atoms with van der Waals surface area (Å²) in [4.78, 5) is 21.7. The number of thiophene rings is 6. The SMILES string of the molecule is CCCCCCCCc1ccc(-c2c3sc4c[c]([Sn]([CH3])([CH3])[CH3])sc4c3c(-c3ccc(CCCCCCCC)s3)c3sc4c[c]([Sn]([CH3])([CH3])[CH3])sc4c23)s1. The summed E-state index contributed by atoms with van der Waals surface area (Å²) in [6, 6.07) is 15.2. The summed E-state index contributed by atoms with van der Waals surface area (Å²) >= 11 is 8.23. The van der Waals surface area contributed by atoms with Crippen molar-refractivity contribution >= 4 is 150 Å². The summed E-state index contributed by atoms with van der Waals surface area (Å²) in [5.74, 6) is 0. The Balaban J connectivity index is 1.40. The van der Waals surface area contributed by atoms with Crippen molar-refractivity contribution in [2.45, 2.75) is 133 Å². The van der Waals surface area contributed by atoms with Crippen LogP contribution in [0.3, 0.4) is 0 Å². The molecule has 8 heteroatoms. The Morgan fingerprint density at radius 2 is 0.808 bits per heavy atom. The first kappa shape index (κ1) is 40.3. The Labute approximate surface area is 345 Å². The molecule has 52 heavy (non-hydrogen) atoms. The van der Waals surface area contributed by atoms with Gasteiger partial charge in [0, 0.05) is 0 Å². The monoisotopic (exact) mass is 1020 g/mol. The standard InChI is InChI=1S/C38H40S6.6CH3.2Sn/c1-3-5-7-9-11-13-15-25-17-19-27(41-25)31-33-35-29(21-23-39-35)44-38(33)32(34-36-30(22-24-40-36)43-37(31)34)28-20-18-26(42-28)16-14-12-10-8-6-4-2;;;;;;;;/h17-22H,3-16H2,1-2H3;6*1H3;;. The topological polar surface area (TPSA) is 0 Å². The van der Waals surface area contributed by atoms with E-state index in [9.17, 15) is 0 Å². The molecule has 1 aromatic carbocycles. The van der Waals surface area contributed by atoms with Crippen LogP contribution >= 0.6 is 68.0 Å². The molecular formula is C44H58S6Sn2. The van der Waals surface area contributed by atoms with Crippen LogP contribution in [0.15, 0.2) is 36.4 Å². The van der Waals surface area contributed by atoms with Crippen LogP contribution < -0.4 is 5.79 Å². The zero-order valence-corrected chi connectivity index (χ0v) is 43.4. The molecule has 6 heterocycles. The van der Waals surface area contributed by atoms with Crippen molar-refractivity contribution in [3.05, 3.63) is 46.2 Å². The van der Waals surface area contributed by atoms with E-state index in [1.54, 1.807) is 56.2 Å². The summed E-state index contributed by atoms with van der Waals surface area (Å²) in [5, 5.41) is 3.13. The van der Waals surface area contributed by atoms with E-state index in [-0.39, 0.29) is 0 Å². The van der Waals surface area contributed by atoms with E-state index in [2.05, 4.69) is 148 Å². The van der Waals surface area contributed by atoms with Crippen LogP contribution in [0.5, 0.6) is 0 Å². The van der Waals surface area contributed by atoms with Gasteiger partial charge in [-0.3, -0.25) is 0 Å². The maximum absolute atomic E-state index is 2.63. The predicted octanol–water partition coefficient (Wildman–Crippen LogP) is 16.9. The molecule has 0 aliphatic heterocycles. The fourth-order valence-electron chi connectivity index (χ4n) is 7.47. The second kappa shape index (κ2) is 17.3. The average Bonchev–Trinajstić information content (AvgIpc) is 3.93. The first-order valence-corrected chi connectivity index (χ1v) is 44.9. The third-order valence-electron chi connectivity index (χ3n) is 10.5. The first-order chi connectivity index (χ1) is 25.0. The molecule has 0 nitrogen and oxygen atoms in total. The summed E-state index contributed by atoms with van der Waals surface area (Å²) in [5.41, 5.74) is 3.10. The van der Waals surface area contributed by atoms with Gasteiger partial charge in [0.2, 0.25) is 0 Å². The first-order valence-electron chi connectivity index (χ1n) is 20.0. The molecule has 0 aliphatic rings. The minimum absolute atomic E-state index is 1.22. The fourth-order valence-corrected chi connectivity index (χ4v) is 26.2. The molecule has 7 rings (SSSR count). The van der Waals surface area contributed by atoms with E-state index in [1.807, 2.05) is 0 Å². The van der Waals surface area contributed by atoms with Gasteiger partial charge in [-0.1, -0.05) is 52.4 Å². The van der Waals surface area contributed by atoms with Crippen molar-refractivity contribution in [3.8, 4) is 20.9 Å². The van der Waals surface area contributed by atoms with Gasteiger partial charge in [-0.25, -0.2) is 0 Å². The molecule has 0 saturated carbocycles. The molecule has 7 aromatic rings. The van der Waals surface area contributed by atoms with Crippen molar-refractivity contribution in [1.82, 2.24) is 0 Å². The Hall–Kier alpha value is 0.0574. The number of rotatable bonds is 18. The van der Waals surface area contributed by atoms with Crippen molar-refractivity contribution in [2.75, 3.05) is 0 Å². The van der Waals surface area contributed by atoms with Crippen LogP contribution in [-0.2, 0) is 12.8 Å². The van der Waals surface area contributed by atoms with Crippen LogP contribution in [-0.4, -0.2) is 36.8 Å². The molecule has 0 saturated heterocycles. The van der Waals surface area contributed by atoms with Crippen LogP contribution in [0.4, 0.5) is 0 Å². The van der Waals surface area contributed by atoms with E-state index >= 15 is 0 Å². The molecule has 0 N–H and O–H groups in total. The van der Waals surface area contributed by atoms with Gasteiger partial charge in [-0.2, -0.15) is 0 Å². The second-order valence-electron chi connectivity index (χ2n) is 17.0. The fraction of sp³-hybridized carbons (Fsp3) is 0.500. The van der Waals surface area contributed by atoms with Crippen molar-refractivity contribution in [2.24, 2.45) is 0 Å². The summed E-state index contributed by atoms with van der Waals surface area (Å²) in [6.07, 6.45) is 18.8. The summed E-state index contributed by atoms with van der Waals surface area (Å²) in [6.45, 7) is 4.63. The van der Waals surface area contributed by atoms with Crippen LogP contribution in [0.2, 0.25) is 29.6 Å². The Kier molecular flexibility index (Phi) is 13.4. The summed E-state index contributed by atoms with van der Waals surface area (Å²) in [7, 11) is 0. The number of hydrogen-bond acceptors (Lipinski definition) is 6. The van der Waals surface area contributed by atoms with Crippen LogP contribution in [0, 0.1) is 0 Å². The van der Waals surface area contributed by atoms with E-state index in [0.29, 0.717) is 0 Å². The van der Waals surface area contributed by atoms with Crippen molar-refractivity contribution < 1.29 is 0 Å². The molecule has 278 valence electrons. The molecule has 0 aliphatic carbocycles. The Bertz CT molecular complexity index is 2110.